The first-order valence-electron chi connectivity index (χ1n) is 13.8. The zero-order valence-corrected chi connectivity index (χ0v) is 21.2. The normalized spacial score (nSPS) is 13.6. The Labute approximate surface area is 189 Å². The minimum atomic E-state index is 0.617. The van der Waals surface area contributed by atoms with Crippen molar-refractivity contribution in [1.29, 1.82) is 0 Å². The molecule has 0 aliphatic rings. The molecule has 30 heavy (non-hydrogen) atoms. The van der Waals surface area contributed by atoms with Crippen LogP contribution in [0.2, 0.25) is 0 Å². The van der Waals surface area contributed by atoms with Crippen LogP contribution in [-0.4, -0.2) is 4.98 Å². The standard InChI is InChI=1S/C28H54N2/c1-5-8-9-10-11-12-13-14-15-16-17-18-19-20-21-23-27(7-3)28-29-24-25-30(28)26(4)22-6-2/h24-27H,5-23H2,1-4H3/p+1. The van der Waals surface area contributed by atoms with Gasteiger partial charge in [-0.05, 0) is 26.2 Å². The highest BCUT2D eigenvalue weighted by molar-refractivity contribution is 4.89. The molecule has 1 N–H and O–H groups in total. The summed E-state index contributed by atoms with van der Waals surface area (Å²) in [5, 5.41) is 0. The Balaban J connectivity index is 2.01. The zero-order valence-electron chi connectivity index (χ0n) is 21.2. The van der Waals surface area contributed by atoms with E-state index < -0.39 is 0 Å². The third-order valence-corrected chi connectivity index (χ3v) is 6.96. The first-order chi connectivity index (χ1) is 14.7. The van der Waals surface area contributed by atoms with Crippen molar-refractivity contribution < 1.29 is 4.57 Å². The smallest absolute Gasteiger partial charge is 0.247 e. The van der Waals surface area contributed by atoms with Crippen LogP contribution in [0.15, 0.2) is 12.4 Å². The van der Waals surface area contributed by atoms with Gasteiger partial charge in [0.05, 0.1) is 12.0 Å². The highest BCUT2D eigenvalue weighted by atomic mass is 15.1. The summed E-state index contributed by atoms with van der Waals surface area (Å²) < 4.78 is 2.50. The number of aromatic amines is 1. The van der Waals surface area contributed by atoms with E-state index in [-0.39, 0.29) is 0 Å². The summed E-state index contributed by atoms with van der Waals surface area (Å²) in [6, 6.07) is 0.617. The highest BCUT2D eigenvalue weighted by Gasteiger charge is 2.23. The van der Waals surface area contributed by atoms with Crippen molar-refractivity contribution >= 4 is 0 Å². The van der Waals surface area contributed by atoms with Gasteiger partial charge in [-0.1, -0.05) is 124 Å². The number of hydrogen-bond donors (Lipinski definition) is 1. The molecule has 2 nitrogen and oxygen atoms in total. The molecule has 176 valence electrons. The Morgan fingerprint density at radius 1 is 0.667 bits per heavy atom. The van der Waals surface area contributed by atoms with Gasteiger partial charge in [-0.25, -0.2) is 9.55 Å². The average molecular weight is 420 g/mol. The summed E-state index contributed by atoms with van der Waals surface area (Å²) in [5.74, 6) is 2.16. The lowest BCUT2D eigenvalue weighted by Gasteiger charge is -2.15. The van der Waals surface area contributed by atoms with Crippen LogP contribution in [0.5, 0.6) is 0 Å². The lowest BCUT2D eigenvalue weighted by Crippen LogP contribution is -2.41. The molecule has 0 amide bonds. The van der Waals surface area contributed by atoms with Crippen LogP contribution >= 0.6 is 0 Å². The number of imidazole rings is 1. The molecule has 1 aromatic heterocycles. The fraction of sp³-hybridized carbons (Fsp3) is 0.893. The quantitative estimate of drug-likeness (QED) is 0.151. The van der Waals surface area contributed by atoms with Gasteiger partial charge in [-0.15, -0.1) is 0 Å². The molecule has 0 bridgehead atoms. The molecule has 0 aromatic carbocycles. The van der Waals surface area contributed by atoms with Crippen LogP contribution in [0, 0.1) is 0 Å². The molecule has 0 spiro atoms. The molecule has 0 aliphatic carbocycles. The van der Waals surface area contributed by atoms with Crippen molar-refractivity contribution in [3.8, 4) is 0 Å². The van der Waals surface area contributed by atoms with Crippen LogP contribution in [0.3, 0.4) is 0 Å². The van der Waals surface area contributed by atoms with E-state index in [0.29, 0.717) is 12.0 Å². The number of H-pyrrole nitrogens is 1. The van der Waals surface area contributed by atoms with Crippen molar-refractivity contribution in [2.24, 2.45) is 0 Å². The molecular formula is C28H55N2+. The maximum absolute atomic E-state index is 3.56. The van der Waals surface area contributed by atoms with Crippen LogP contribution < -0.4 is 4.57 Å². The van der Waals surface area contributed by atoms with Gasteiger partial charge in [-0.2, -0.15) is 0 Å². The van der Waals surface area contributed by atoms with E-state index in [1.807, 2.05) is 0 Å². The van der Waals surface area contributed by atoms with E-state index in [1.54, 1.807) is 0 Å². The van der Waals surface area contributed by atoms with E-state index in [2.05, 4.69) is 49.6 Å². The minimum Gasteiger partial charge on any atom is -0.247 e. The first kappa shape index (κ1) is 27.2. The summed E-state index contributed by atoms with van der Waals surface area (Å²) >= 11 is 0. The van der Waals surface area contributed by atoms with Gasteiger partial charge in [0.15, 0.2) is 0 Å². The van der Waals surface area contributed by atoms with Crippen molar-refractivity contribution in [2.45, 2.75) is 162 Å². The highest BCUT2D eigenvalue weighted by Crippen LogP contribution is 2.24. The minimum absolute atomic E-state index is 0.617. The molecule has 1 aromatic rings. The maximum Gasteiger partial charge on any atom is 0.257 e. The van der Waals surface area contributed by atoms with E-state index >= 15 is 0 Å². The fourth-order valence-electron chi connectivity index (χ4n) is 4.92. The number of aromatic nitrogens is 2. The molecule has 2 unspecified atom stereocenters. The monoisotopic (exact) mass is 419 g/mol. The lowest BCUT2D eigenvalue weighted by molar-refractivity contribution is -0.727. The second-order valence-electron chi connectivity index (χ2n) is 9.73. The van der Waals surface area contributed by atoms with E-state index in [1.165, 1.54) is 128 Å². The van der Waals surface area contributed by atoms with E-state index in [9.17, 15) is 0 Å². The molecule has 2 atom stereocenters. The molecule has 0 saturated heterocycles. The fourth-order valence-corrected chi connectivity index (χ4v) is 4.92. The van der Waals surface area contributed by atoms with Crippen molar-refractivity contribution in [1.82, 2.24) is 4.98 Å². The Bertz CT molecular complexity index is 479. The number of rotatable bonds is 21. The van der Waals surface area contributed by atoms with Gasteiger partial charge in [-0.3, -0.25) is 0 Å². The summed E-state index contributed by atoms with van der Waals surface area (Å²) in [5.41, 5.74) is 0. The molecule has 0 aliphatic heterocycles. The molecule has 0 saturated carbocycles. The Hall–Kier alpha value is -0.790. The largest absolute Gasteiger partial charge is 0.257 e. The van der Waals surface area contributed by atoms with E-state index in [4.69, 9.17) is 0 Å². The molecule has 2 heteroatoms. The second kappa shape index (κ2) is 18.9. The number of hydrogen-bond acceptors (Lipinski definition) is 0. The van der Waals surface area contributed by atoms with Gasteiger partial charge < -0.3 is 0 Å². The Morgan fingerprint density at radius 2 is 1.17 bits per heavy atom. The van der Waals surface area contributed by atoms with Gasteiger partial charge >= 0.3 is 0 Å². The van der Waals surface area contributed by atoms with Crippen molar-refractivity contribution in [3.05, 3.63) is 18.2 Å². The van der Waals surface area contributed by atoms with Gasteiger partial charge in [0.1, 0.15) is 12.4 Å². The zero-order chi connectivity index (χ0) is 21.9. The SMILES string of the molecule is CCCCCCCCCCCCCCCCCC(CC)c1[nH]cc[n+]1C(C)CCC. The first-order valence-corrected chi connectivity index (χ1v) is 13.8. The van der Waals surface area contributed by atoms with Gasteiger partial charge in [0, 0.05) is 0 Å². The van der Waals surface area contributed by atoms with Crippen LogP contribution in [-0.2, 0) is 0 Å². The predicted octanol–water partition coefficient (Wildman–Crippen LogP) is 9.42. The predicted molar refractivity (Wildman–Crippen MR) is 133 cm³/mol. The summed E-state index contributed by atoms with van der Waals surface area (Å²) in [7, 11) is 0. The van der Waals surface area contributed by atoms with Gasteiger partial charge in [0.25, 0.3) is 5.82 Å². The molecule has 0 radical (unpaired) electrons. The van der Waals surface area contributed by atoms with Crippen molar-refractivity contribution in [3.63, 3.8) is 0 Å². The Morgan fingerprint density at radius 3 is 1.63 bits per heavy atom. The summed E-state index contributed by atoms with van der Waals surface area (Å²) in [6.07, 6.45) is 31.2. The molecule has 1 rings (SSSR count). The Kier molecular flexibility index (Phi) is 17.2. The topological polar surface area (TPSA) is 19.7 Å². The van der Waals surface area contributed by atoms with Crippen molar-refractivity contribution in [2.75, 3.05) is 0 Å². The third kappa shape index (κ3) is 12.2. The number of unbranched alkanes of at least 4 members (excludes halogenated alkanes) is 14. The van der Waals surface area contributed by atoms with Gasteiger partial charge in [0.2, 0.25) is 0 Å². The van der Waals surface area contributed by atoms with Crippen LogP contribution in [0.1, 0.15) is 167 Å². The lowest BCUT2D eigenvalue weighted by atomic mass is 9.96. The molecule has 0 fully saturated rings. The number of nitrogens with one attached hydrogen (secondary N) is 1. The average Bonchev–Trinajstić information content (AvgIpc) is 3.23. The maximum atomic E-state index is 3.56. The van der Waals surface area contributed by atoms with Crippen LogP contribution in [0.25, 0.3) is 0 Å². The molecule has 1 heterocycles. The second-order valence-corrected chi connectivity index (χ2v) is 9.73. The number of nitrogens with zero attached hydrogens (tertiary/aromatic N) is 1. The summed E-state index contributed by atoms with van der Waals surface area (Å²) in [4.78, 5) is 3.56. The third-order valence-electron chi connectivity index (χ3n) is 6.96. The summed E-state index contributed by atoms with van der Waals surface area (Å²) in [6.45, 7) is 9.30. The molecular weight excluding hydrogens is 364 g/mol. The van der Waals surface area contributed by atoms with E-state index in [0.717, 1.165) is 0 Å². The van der Waals surface area contributed by atoms with Crippen LogP contribution in [0.4, 0.5) is 0 Å².